The Bertz CT molecular complexity index is 1380. The third kappa shape index (κ3) is 7.50. The van der Waals surface area contributed by atoms with E-state index in [1.54, 1.807) is 35.2 Å². The number of benzene rings is 3. The largest absolute Gasteiger partial charge is 0.352 e. The Balaban J connectivity index is 2.04. The minimum absolute atomic E-state index is 0.0440. The van der Waals surface area contributed by atoms with E-state index in [0.717, 1.165) is 23.1 Å². The highest BCUT2D eigenvalue weighted by Gasteiger charge is 2.34. The molecule has 40 heavy (non-hydrogen) atoms. The van der Waals surface area contributed by atoms with Crippen LogP contribution in [0.5, 0.6) is 0 Å². The fourth-order valence-electron chi connectivity index (χ4n) is 4.58. The van der Waals surface area contributed by atoms with Crippen molar-refractivity contribution in [2.75, 3.05) is 17.4 Å². The molecule has 0 unspecified atom stereocenters. The van der Waals surface area contributed by atoms with Gasteiger partial charge in [0.25, 0.3) is 10.0 Å². The van der Waals surface area contributed by atoms with Crippen molar-refractivity contribution in [1.29, 1.82) is 0 Å². The van der Waals surface area contributed by atoms with Crippen LogP contribution in [0.4, 0.5) is 5.69 Å². The van der Waals surface area contributed by atoms with Crippen LogP contribution < -0.4 is 9.62 Å². The Hall–Kier alpha value is -3.65. The minimum atomic E-state index is -4.08. The van der Waals surface area contributed by atoms with E-state index < -0.39 is 28.5 Å². The van der Waals surface area contributed by atoms with Crippen LogP contribution >= 0.6 is 0 Å². The molecule has 0 heterocycles. The molecular weight excluding hydrogens is 522 g/mol. The summed E-state index contributed by atoms with van der Waals surface area (Å²) in [7, 11) is -4.08. The summed E-state index contributed by atoms with van der Waals surface area (Å²) in [6, 6.07) is 22.5. The molecule has 2 atom stereocenters. The fourth-order valence-corrected chi connectivity index (χ4v) is 6.07. The van der Waals surface area contributed by atoms with Crippen LogP contribution in [0, 0.1) is 13.8 Å². The van der Waals surface area contributed by atoms with Gasteiger partial charge in [-0.3, -0.25) is 13.9 Å². The van der Waals surface area contributed by atoms with Crippen molar-refractivity contribution < 1.29 is 18.0 Å². The van der Waals surface area contributed by atoms with Crippen molar-refractivity contribution in [1.82, 2.24) is 10.2 Å². The maximum atomic E-state index is 14.1. The summed E-state index contributed by atoms with van der Waals surface area (Å²) in [4.78, 5) is 29.1. The van der Waals surface area contributed by atoms with Crippen LogP contribution in [0.1, 0.15) is 50.3 Å². The van der Waals surface area contributed by atoms with Crippen LogP contribution in [-0.2, 0) is 26.0 Å². The second kappa shape index (κ2) is 14.1. The first-order valence-corrected chi connectivity index (χ1v) is 15.3. The van der Waals surface area contributed by atoms with Crippen molar-refractivity contribution in [3.05, 3.63) is 95.6 Å². The number of hydrogen-bond donors (Lipinski definition) is 1. The molecule has 0 saturated carbocycles. The first-order valence-electron chi connectivity index (χ1n) is 13.9. The molecule has 0 bridgehead atoms. The zero-order valence-electron chi connectivity index (χ0n) is 24.1. The summed E-state index contributed by atoms with van der Waals surface area (Å²) in [6.07, 6.45) is 1.70. The van der Waals surface area contributed by atoms with Crippen LogP contribution in [0.3, 0.4) is 0 Å². The monoisotopic (exact) mass is 563 g/mol. The van der Waals surface area contributed by atoms with E-state index in [0.29, 0.717) is 18.5 Å². The smallest absolute Gasteiger partial charge is 0.264 e. The van der Waals surface area contributed by atoms with Crippen molar-refractivity contribution in [3.8, 4) is 0 Å². The quantitative estimate of drug-likeness (QED) is 0.307. The molecule has 1 N–H and O–H groups in total. The van der Waals surface area contributed by atoms with E-state index in [-0.39, 0.29) is 23.4 Å². The van der Waals surface area contributed by atoms with Crippen molar-refractivity contribution in [2.45, 2.75) is 70.9 Å². The molecule has 3 aromatic carbocycles. The van der Waals surface area contributed by atoms with Crippen LogP contribution in [-0.4, -0.2) is 50.3 Å². The lowest BCUT2D eigenvalue weighted by molar-refractivity contribution is -0.139. The molecule has 0 aliphatic carbocycles. The predicted molar refractivity (Wildman–Crippen MR) is 161 cm³/mol. The number of nitrogens with zero attached hydrogens (tertiary/aromatic N) is 2. The van der Waals surface area contributed by atoms with Crippen LogP contribution in [0.25, 0.3) is 0 Å². The summed E-state index contributed by atoms with van der Waals surface area (Å²) in [5, 5.41) is 3.01. The number of hydrogen-bond acceptors (Lipinski definition) is 4. The SMILES string of the molecule is CC[C@@H](C)NC(=O)[C@@H](CC)N(CCc1ccccc1)C(=O)CN(c1cccc(C)c1C)S(=O)(=O)c1ccccc1. The van der Waals surface area contributed by atoms with E-state index in [9.17, 15) is 18.0 Å². The predicted octanol–water partition coefficient (Wildman–Crippen LogP) is 5.26. The number of amides is 2. The van der Waals surface area contributed by atoms with Gasteiger partial charge in [-0.25, -0.2) is 8.42 Å². The Morgan fingerprint density at radius 2 is 1.48 bits per heavy atom. The maximum absolute atomic E-state index is 14.1. The molecule has 0 spiro atoms. The Kier molecular flexibility index (Phi) is 10.9. The highest BCUT2D eigenvalue weighted by molar-refractivity contribution is 7.92. The molecule has 8 heteroatoms. The van der Waals surface area contributed by atoms with Gasteiger partial charge >= 0.3 is 0 Å². The molecule has 0 aliphatic heterocycles. The number of rotatable bonds is 13. The van der Waals surface area contributed by atoms with Gasteiger partial charge in [-0.05, 0) is 74.9 Å². The molecule has 0 radical (unpaired) electrons. The standard InChI is InChI=1S/C32H41N3O4S/c1-6-25(4)33-32(37)29(7-2)34(22-21-27-16-10-8-11-17-27)31(36)23-35(30-20-14-15-24(3)26(30)5)40(38,39)28-18-12-9-13-19-28/h8-20,25,29H,6-7,21-23H2,1-5H3,(H,33,37)/t25-,29-/m1/s1. The highest BCUT2D eigenvalue weighted by Crippen LogP contribution is 2.29. The summed E-state index contributed by atoms with van der Waals surface area (Å²) < 4.78 is 29.1. The molecule has 0 fully saturated rings. The lowest BCUT2D eigenvalue weighted by atomic mass is 10.1. The second-order valence-electron chi connectivity index (χ2n) is 10.1. The molecular formula is C32H41N3O4S. The highest BCUT2D eigenvalue weighted by atomic mass is 32.2. The maximum Gasteiger partial charge on any atom is 0.264 e. The van der Waals surface area contributed by atoms with Gasteiger partial charge in [0.2, 0.25) is 11.8 Å². The average Bonchev–Trinajstić information content (AvgIpc) is 2.96. The van der Waals surface area contributed by atoms with Gasteiger partial charge in [0, 0.05) is 12.6 Å². The summed E-state index contributed by atoms with van der Waals surface area (Å²) >= 11 is 0. The van der Waals surface area contributed by atoms with Crippen LogP contribution in [0.2, 0.25) is 0 Å². The molecule has 0 saturated heterocycles. The first-order chi connectivity index (χ1) is 19.1. The third-order valence-corrected chi connectivity index (χ3v) is 9.10. The zero-order valence-corrected chi connectivity index (χ0v) is 24.9. The molecule has 2 amide bonds. The summed E-state index contributed by atoms with van der Waals surface area (Å²) in [5.74, 6) is -0.662. The molecule has 7 nitrogen and oxygen atoms in total. The number of anilines is 1. The van der Waals surface area contributed by atoms with Gasteiger partial charge in [0.1, 0.15) is 12.6 Å². The van der Waals surface area contributed by atoms with Crippen LogP contribution in [0.15, 0.2) is 83.8 Å². The van der Waals surface area contributed by atoms with E-state index in [1.165, 1.54) is 16.4 Å². The Morgan fingerprint density at radius 1 is 0.850 bits per heavy atom. The number of nitrogens with one attached hydrogen (secondary N) is 1. The van der Waals surface area contributed by atoms with E-state index in [1.807, 2.05) is 71.0 Å². The first kappa shape index (κ1) is 30.9. The topological polar surface area (TPSA) is 86.8 Å². The fraction of sp³-hybridized carbons (Fsp3) is 0.375. The number of sulfonamides is 1. The number of carbonyl (C=O) groups excluding carboxylic acids is 2. The average molecular weight is 564 g/mol. The van der Waals surface area contributed by atoms with Crippen molar-refractivity contribution in [3.63, 3.8) is 0 Å². The lowest BCUT2D eigenvalue weighted by Gasteiger charge is -2.34. The molecule has 3 rings (SSSR count). The van der Waals surface area contributed by atoms with Gasteiger partial charge < -0.3 is 10.2 Å². The van der Waals surface area contributed by atoms with Crippen molar-refractivity contribution >= 4 is 27.5 Å². The molecule has 0 aliphatic rings. The van der Waals surface area contributed by atoms with E-state index >= 15 is 0 Å². The number of aryl methyl sites for hydroxylation is 1. The van der Waals surface area contributed by atoms with Crippen molar-refractivity contribution in [2.24, 2.45) is 0 Å². The van der Waals surface area contributed by atoms with E-state index in [4.69, 9.17) is 0 Å². The lowest BCUT2D eigenvalue weighted by Crippen LogP contribution is -2.54. The zero-order chi connectivity index (χ0) is 29.3. The Labute approximate surface area is 239 Å². The molecule has 0 aromatic heterocycles. The normalized spacial score (nSPS) is 12.8. The van der Waals surface area contributed by atoms with E-state index in [2.05, 4.69) is 5.32 Å². The second-order valence-corrected chi connectivity index (χ2v) is 12.0. The van der Waals surface area contributed by atoms with Gasteiger partial charge in [-0.15, -0.1) is 0 Å². The van der Waals surface area contributed by atoms with Gasteiger partial charge in [-0.1, -0.05) is 74.5 Å². The molecule has 3 aromatic rings. The summed E-state index contributed by atoms with van der Waals surface area (Å²) in [5.41, 5.74) is 3.16. The minimum Gasteiger partial charge on any atom is -0.352 e. The number of carbonyl (C=O) groups is 2. The summed E-state index contributed by atoms with van der Waals surface area (Å²) in [6.45, 7) is 9.39. The van der Waals surface area contributed by atoms with Gasteiger partial charge in [0.15, 0.2) is 0 Å². The Morgan fingerprint density at radius 3 is 2.08 bits per heavy atom. The van der Waals surface area contributed by atoms with Gasteiger partial charge in [-0.2, -0.15) is 0 Å². The third-order valence-electron chi connectivity index (χ3n) is 7.33. The van der Waals surface area contributed by atoms with Gasteiger partial charge in [0.05, 0.1) is 10.6 Å². The molecule has 214 valence electrons.